The molecule has 5 heteroatoms. The van der Waals surface area contributed by atoms with E-state index in [0.29, 0.717) is 11.1 Å². The second-order valence-corrected chi connectivity index (χ2v) is 5.67. The van der Waals surface area contributed by atoms with Gasteiger partial charge < -0.3 is 5.32 Å². The first-order valence-corrected chi connectivity index (χ1v) is 7.03. The number of rotatable bonds is 2. The van der Waals surface area contributed by atoms with Crippen molar-refractivity contribution in [2.24, 2.45) is 0 Å². The Hall–Kier alpha value is -1.13. The molecule has 0 spiro atoms. The summed E-state index contributed by atoms with van der Waals surface area (Å²) in [7, 11) is 0. The van der Waals surface area contributed by atoms with E-state index in [1.54, 1.807) is 0 Å². The SMILES string of the molecule is O=C(NC1CCN2CCCC12)c1cc(Cl)ccc1F. The Morgan fingerprint density at radius 3 is 3.05 bits per heavy atom. The molecule has 2 aliphatic heterocycles. The highest BCUT2D eigenvalue weighted by molar-refractivity contribution is 6.31. The molecule has 0 aliphatic carbocycles. The Morgan fingerprint density at radius 1 is 1.37 bits per heavy atom. The van der Waals surface area contributed by atoms with Crippen LogP contribution in [0.25, 0.3) is 0 Å². The van der Waals surface area contributed by atoms with Gasteiger partial charge in [-0.1, -0.05) is 11.6 Å². The predicted molar refractivity (Wildman–Crippen MR) is 71.9 cm³/mol. The Morgan fingerprint density at radius 2 is 2.21 bits per heavy atom. The molecule has 1 aromatic rings. The molecular formula is C14H16ClFN2O. The summed E-state index contributed by atoms with van der Waals surface area (Å²) in [6.07, 6.45) is 3.24. The molecular weight excluding hydrogens is 267 g/mol. The number of amides is 1. The molecule has 1 amide bonds. The highest BCUT2D eigenvalue weighted by Gasteiger charge is 2.38. The number of hydrogen-bond donors (Lipinski definition) is 1. The first kappa shape index (κ1) is 12.9. The van der Waals surface area contributed by atoms with Gasteiger partial charge in [0.05, 0.1) is 5.56 Å². The number of benzene rings is 1. The lowest BCUT2D eigenvalue weighted by atomic mass is 10.1. The molecule has 0 saturated carbocycles. The molecule has 1 N–H and O–H groups in total. The monoisotopic (exact) mass is 282 g/mol. The fraction of sp³-hybridized carbons (Fsp3) is 0.500. The Balaban J connectivity index is 1.73. The number of nitrogens with zero attached hydrogens (tertiary/aromatic N) is 1. The van der Waals surface area contributed by atoms with Crippen molar-refractivity contribution in [2.75, 3.05) is 13.1 Å². The lowest BCUT2D eigenvalue weighted by molar-refractivity contribution is 0.0925. The largest absolute Gasteiger partial charge is 0.348 e. The normalized spacial score (nSPS) is 26.4. The summed E-state index contributed by atoms with van der Waals surface area (Å²) in [5, 5.41) is 3.33. The average Bonchev–Trinajstić information content (AvgIpc) is 2.97. The molecule has 102 valence electrons. The van der Waals surface area contributed by atoms with Gasteiger partial charge in [-0.15, -0.1) is 0 Å². The van der Waals surface area contributed by atoms with Crippen LogP contribution in [0, 0.1) is 5.82 Å². The lowest BCUT2D eigenvalue weighted by Gasteiger charge is -2.21. The molecule has 2 saturated heterocycles. The predicted octanol–water partition coefficient (Wildman–Crippen LogP) is 2.45. The average molecular weight is 283 g/mol. The van der Waals surface area contributed by atoms with Crippen LogP contribution in [0.15, 0.2) is 18.2 Å². The molecule has 3 rings (SSSR count). The number of carbonyl (C=O) groups excluding carboxylic acids is 1. The van der Waals surface area contributed by atoms with Gasteiger partial charge in [0.2, 0.25) is 0 Å². The van der Waals surface area contributed by atoms with Crippen LogP contribution in [0.5, 0.6) is 0 Å². The summed E-state index contributed by atoms with van der Waals surface area (Å²) in [5.41, 5.74) is 0.0314. The van der Waals surface area contributed by atoms with Crippen LogP contribution in [0.2, 0.25) is 5.02 Å². The van der Waals surface area contributed by atoms with Crippen molar-refractivity contribution in [1.82, 2.24) is 10.2 Å². The van der Waals surface area contributed by atoms with Gasteiger partial charge in [0.1, 0.15) is 5.82 Å². The maximum absolute atomic E-state index is 13.6. The minimum atomic E-state index is -0.525. The second-order valence-electron chi connectivity index (χ2n) is 5.24. The molecule has 2 fully saturated rings. The highest BCUT2D eigenvalue weighted by atomic mass is 35.5. The maximum atomic E-state index is 13.6. The molecule has 2 heterocycles. The number of nitrogens with one attached hydrogen (secondary N) is 1. The van der Waals surface area contributed by atoms with E-state index < -0.39 is 5.82 Å². The summed E-state index contributed by atoms with van der Waals surface area (Å²) in [6, 6.07) is 4.61. The van der Waals surface area contributed by atoms with Gasteiger partial charge >= 0.3 is 0 Å². The van der Waals surface area contributed by atoms with E-state index >= 15 is 0 Å². The van der Waals surface area contributed by atoms with Gasteiger partial charge in [-0.25, -0.2) is 4.39 Å². The van der Waals surface area contributed by atoms with Crippen LogP contribution in [0.1, 0.15) is 29.6 Å². The minimum Gasteiger partial charge on any atom is -0.348 e. The molecule has 0 aromatic heterocycles. The zero-order valence-corrected chi connectivity index (χ0v) is 11.3. The molecule has 19 heavy (non-hydrogen) atoms. The van der Waals surface area contributed by atoms with E-state index in [1.807, 2.05) is 0 Å². The van der Waals surface area contributed by atoms with E-state index in [1.165, 1.54) is 24.6 Å². The first-order valence-electron chi connectivity index (χ1n) is 6.65. The fourth-order valence-electron chi connectivity index (χ4n) is 3.17. The Labute approximate surface area is 116 Å². The zero-order valence-electron chi connectivity index (χ0n) is 10.5. The van der Waals surface area contributed by atoms with Crippen molar-refractivity contribution in [3.63, 3.8) is 0 Å². The first-order chi connectivity index (χ1) is 9.15. The maximum Gasteiger partial charge on any atom is 0.254 e. The van der Waals surface area contributed by atoms with Crippen LogP contribution in [0.3, 0.4) is 0 Å². The lowest BCUT2D eigenvalue weighted by Crippen LogP contribution is -2.42. The van der Waals surface area contributed by atoms with E-state index in [2.05, 4.69) is 10.2 Å². The molecule has 1 aromatic carbocycles. The second kappa shape index (κ2) is 5.10. The third kappa shape index (κ3) is 2.47. The topological polar surface area (TPSA) is 32.3 Å². The summed E-state index contributed by atoms with van der Waals surface area (Å²) in [5.74, 6) is -0.887. The van der Waals surface area contributed by atoms with E-state index in [-0.39, 0.29) is 17.5 Å². The zero-order chi connectivity index (χ0) is 13.4. The summed E-state index contributed by atoms with van der Waals surface area (Å²) in [4.78, 5) is 14.5. The minimum absolute atomic E-state index is 0.0314. The van der Waals surface area contributed by atoms with E-state index in [4.69, 9.17) is 11.6 Å². The Kier molecular flexibility index (Phi) is 3.46. The van der Waals surface area contributed by atoms with Crippen molar-refractivity contribution < 1.29 is 9.18 Å². The Bertz CT molecular complexity index is 508. The standard InChI is InChI=1S/C14H16ClFN2O/c15-9-3-4-11(16)10(8-9)14(19)17-12-5-7-18-6-1-2-13(12)18/h3-4,8,12-13H,1-2,5-7H2,(H,17,19). The van der Waals surface area contributed by atoms with Gasteiger partial charge in [-0.05, 0) is 44.0 Å². The van der Waals surface area contributed by atoms with Crippen molar-refractivity contribution in [3.05, 3.63) is 34.6 Å². The van der Waals surface area contributed by atoms with Crippen molar-refractivity contribution >= 4 is 17.5 Å². The number of carbonyl (C=O) groups is 1. The van der Waals surface area contributed by atoms with Gasteiger partial charge in [-0.2, -0.15) is 0 Å². The van der Waals surface area contributed by atoms with Crippen molar-refractivity contribution in [2.45, 2.75) is 31.3 Å². The van der Waals surface area contributed by atoms with Gasteiger partial charge in [0.25, 0.3) is 5.91 Å². The van der Waals surface area contributed by atoms with Crippen LogP contribution in [0.4, 0.5) is 4.39 Å². The van der Waals surface area contributed by atoms with Crippen LogP contribution in [-0.2, 0) is 0 Å². The third-order valence-electron chi connectivity index (χ3n) is 4.10. The van der Waals surface area contributed by atoms with Gasteiger partial charge in [0.15, 0.2) is 0 Å². The smallest absolute Gasteiger partial charge is 0.254 e. The van der Waals surface area contributed by atoms with Crippen molar-refractivity contribution in [3.8, 4) is 0 Å². The molecule has 3 nitrogen and oxygen atoms in total. The van der Waals surface area contributed by atoms with Crippen LogP contribution >= 0.6 is 11.6 Å². The quantitative estimate of drug-likeness (QED) is 0.904. The molecule has 2 atom stereocenters. The highest BCUT2D eigenvalue weighted by Crippen LogP contribution is 2.28. The fourth-order valence-corrected chi connectivity index (χ4v) is 3.34. The number of fused-ring (bicyclic) bond motifs is 1. The molecule has 0 radical (unpaired) electrons. The summed E-state index contributed by atoms with van der Waals surface area (Å²) < 4.78 is 13.6. The molecule has 2 aliphatic rings. The molecule has 2 unspecified atom stereocenters. The molecule has 0 bridgehead atoms. The number of halogens is 2. The number of hydrogen-bond acceptors (Lipinski definition) is 2. The third-order valence-corrected chi connectivity index (χ3v) is 4.33. The van der Waals surface area contributed by atoms with E-state index in [0.717, 1.165) is 25.9 Å². The van der Waals surface area contributed by atoms with Gasteiger partial charge in [-0.3, -0.25) is 9.69 Å². The van der Waals surface area contributed by atoms with E-state index in [9.17, 15) is 9.18 Å². The van der Waals surface area contributed by atoms with Crippen LogP contribution in [-0.4, -0.2) is 36.0 Å². The van der Waals surface area contributed by atoms with Crippen LogP contribution < -0.4 is 5.32 Å². The van der Waals surface area contributed by atoms with Crippen molar-refractivity contribution in [1.29, 1.82) is 0 Å². The summed E-state index contributed by atoms with van der Waals surface area (Å²) >= 11 is 5.81. The van der Waals surface area contributed by atoms with Gasteiger partial charge in [0, 0.05) is 23.7 Å². The summed E-state index contributed by atoms with van der Waals surface area (Å²) in [6.45, 7) is 2.14.